The SMILES string of the molecule is CC(C)CC(=O)N1CCN(c2ccc(Cl)cc2)CC1. The Morgan fingerprint density at radius 2 is 1.74 bits per heavy atom. The second-order valence-corrected chi connectivity index (χ2v) is 5.88. The second kappa shape index (κ2) is 6.29. The highest BCUT2D eigenvalue weighted by atomic mass is 35.5. The van der Waals surface area contributed by atoms with Crippen molar-refractivity contribution in [3.05, 3.63) is 29.3 Å². The van der Waals surface area contributed by atoms with Gasteiger partial charge in [-0.2, -0.15) is 0 Å². The zero-order chi connectivity index (χ0) is 13.8. The van der Waals surface area contributed by atoms with E-state index in [0.717, 1.165) is 31.2 Å². The molecule has 1 fully saturated rings. The van der Waals surface area contributed by atoms with Crippen LogP contribution in [0.4, 0.5) is 5.69 Å². The first-order valence-electron chi connectivity index (χ1n) is 6.84. The van der Waals surface area contributed by atoms with E-state index in [0.29, 0.717) is 12.3 Å². The average molecular weight is 281 g/mol. The van der Waals surface area contributed by atoms with E-state index in [1.54, 1.807) is 0 Å². The van der Waals surface area contributed by atoms with Crippen molar-refractivity contribution in [2.24, 2.45) is 5.92 Å². The van der Waals surface area contributed by atoms with Crippen LogP contribution in [0.5, 0.6) is 0 Å². The maximum atomic E-state index is 12.0. The summed E-state index contributed by atoms with van der Waals surface area (Å²) in [7, 11) is 0. The molecule has 1 aliphatic rings. The molecule has 1 heterocycles. The summed E-state index contributed by atoms with van der Waals surface area (Å²) in [5.74, 6) is 0.715. The Balaban J connectivity index is 1.88. The minimum atomic E-state index is 0.283. The Morgan fingerprint density at radius 1 is 1.16 bits per heavy atom. The molecule has 1 aromatic carbocycles. The van der Waals surface area contributed by atoms with Crippen LogP contribution in [0.3, 0.4) is 0 Å². The summed E-state index contributed by atoms with van der Waals surface area (Å²) in [6.07, 6.45) is 0.654. The van der Waals surface area contributed by atoms with E-state index in [2.05, 4.69) is 18.7 Å². The molecule has 3 nitrogen and oxygen atoms in total. The molecule has 104 valence electrons. The zero-order valence-electron chi connectivity index (χ0n) is 11.6. The maximum Gasteiger partial charge on any atom is 0.222 e. The van der Waals surface area contributed by atoms with Gasteiger partial charge in [0.1, 0.15) is 0 Å². The van der Waals surface area contributed by atoms with Gasteiger partial charge in [0.15, 0.2) is 0 Å². The summed E-state index contributed by atoms with van der Waals surface area (Å²) in [4.78, 5) is 16.3. The lowest BCUT2D eigenvalue weighted by Gasteiger charge is -2.36. The third-order valence-electron chi connectivity index (χ3n) is 3.41. The Morgan fingerprint density at radius 3 is 2.26 bits per heavy atom. The topological polar surface area (TPSA) is 23.6 Å². The van der Waals surface area contributed by atoms with Crippen LogP contribution in [-0.2, 0) is 4.79 Å². The fourth-order valence-corrected chi connectivity index (χ4v) is 2.47. The molecule has 4 heteroatoms. The number of hydrogen-bond acceptors (Lipinski definition) is 2. The molecule has 2 rings (SSSR count). The van der Waals surface area contributed by atoms with Crippen molar-refractivity contribution in [1.29, 1.82) is 0 Å². The molecule has 0 aromatic heterocycles. The fourth-order valence-electron chi connectivity index (χ4n) is 2.34. The van der Waals surface area contributed by atoms with Crippen LogP contribution in [0.25, 0.3) is 0 Å². The monoisotopic (exact) mass is 280 g/mol. The lowest BCUT2D eigenvalue weighted by atomic mass is 10.1. The van der Waals surface area contributed by atoms with Crippen molar-refractivity contribution in [1.82, 2.24) is 4.90 Å². The summed E-state index contributed by atoms with van der Waals surface area (Å²) in [5.41, 5.74) is 1.18. The number of halogens is 1. The number of carbonyl (C=O) groups is 1. The van der Waals surface area contributed by atoms with Crippen LogP contribution in [0.2, 0.25) is 5.02 Å². The van der Waals surface area contributed by atoms with Crippen molar-refractivity contribution in [2.45, 2.75) is 20.3 Å². The predicted molar refractivity (Wildman–Crippen MR) is 79.7 cm³/mol. The molecule has 0 N–H and O–H groups in total. The van der Waals surface area contributed by atoms with Gasteiger partial charge in [-0.15, -0.1) is 0 Å². The van der Waals surface area contributed by atoms with E-state index in [9.17, 15) is 4.79 Å². The van der Waals surface area contributed by atoms with Gasteiger partial charge in [0.2, 0.25) is 5.91 Å². The van der Waals surface area contributed by atoms with Gasteiger partial charge in [-0.1, -0.05) is 25.4 Å². The van der Waals surface area contributed by atoms with Gasteiger partial charge in [-0.3, -0.25) is 4.79 Å². The number of piperazine rings is 1. The Labute approximate surface area is 120 Å². The van der Waals surface area contributed by atoms with E-state index in [1.807, 2.05) is 29.2 Å². The van der Waals surface area contributed by atoms with Gasteiger partial charge in [0, 0.05) is 43.3 Å². The molecule has 0 radical (unpaired) electrons. The van der Waals surface area contributed by atoms with E-state index in [4.69, 9.17) is 11.6 Å². The van der Waals surface area contributed by atoms with E-state index in [1.165, 1.54) is 5.69 Å². The van der Waals surface area contributed by atoms with Crippen molar-refractivity contribution >= 4 is 23.2 Å². The molecule has 0 unspecified atom stereocenters. The summed E-state index contributed by atoms with van der Waals surface area (Å²) in [5, 5.41) is 0.759. The highest BCUT2D eigenvalue weighted by Gasteiger charge is 2.21. The van der Waals surface area contributed by atoms with Crippen LogP contribution < -0.4 is 4.90 Å². The summed E-state index contributed by atoms with van der Waals surface area (Å²) in [6.45, 7) is 7.59. The fraction of sp³-hybridized carbons (Fsp3) is 0.533. The molecule has 19 heavy (non-hydrogen) atoms. The average Bonchev–Trinajstić information content (AvgIpc) is 2.39. The number of hydrogen-bond donors (Lipinski definition) is 0. The smallest absolute Gasteiger partial charge is 0.222 e. The predicted octanol–water partition coefficient (Wildman–Crippen LogP) is 3.03. The number of rotatable bonds is 3. The summed E-state index contributed by atoms with van der Waals surface area (Å²) >= 11 is 5.89. The van der Waals surface area contributed by atoms with Crippen LogP contribution >= 0.6 is 11.6 Å². The minimum Gasteiger partial charge on any atom is -0.368 e. The largest absolute Gasteiger partial charge is 0.368 e. The third kappa shape index (κ3) is 3.87. The molecule has 1 amide bonds. The third-order valence-corrected chi connectivity index (χ3v) is 3.66. The Kier molecular flexibility index (Phi) is 4.70. The first kappa shape index (κ1) is 14.2. The molecule has 0 bridgehead atoms. The molecule has 1 aromatic rings. The van der Waals surface area contributed by atoms with Crippen molar-refractivity contribution in [2.75, 3.05) is 31.1 Å². The maximum absolute atomic E-state index is 12.0. The number of anilines is 1. The normalized spacial score (nSPS) is 16.0. The lowest BCUT2D eigenvalue weighted by Crippen LogP contribution is -2.49. The lowest BCUT2D eigenvalue weighted by molar-refractivity contribution is -0.132. The number of benzene rings is 1. The molecule has 1 aliphatic heterocycles. The van der Waals surface area contributed by atoms with Gasteiger partial charge in [-0.05, 0) is 30.2 Å². The number of amides is 1. The Hall–Kier alpha value is -1.22. The molecule has 0 atom stereocenters. The second-order valence-electron chi connectivity index (χ2n) is 5.44. The van der Waals surface area contributed by atoms with E-state index < -0.39 is 0 Å². The van der Waals surface area contributed by atoms with Gasteiger partial charge < -0.3 is 9.80 Å². The number of nitrogens with zero attached hydrogens (tertiary/aromatic N) is 2. The summed E-state index contributed by atoms with van der Waals surface area (Å²) < 4.78 is 0. The van der Waals surface area contributed by atoms with E-state index >= 15 is 0 Å². The first-order valence-corrected chi connectivity index (χ1v) is 7.22. The zero-order valence-corrected chi connectivity index (χ0v) is 12.4. The minimum absolute atomic E-state index is 0.283. The summed E-state index contributed by atoms with van der Waals surface area (Å²) in [6, 6.07) is 7.89. The quantitative estimate of drug-likeness (QED) is 0.850. The van der Waals surface area contributed by atoms with E-state index in [-0.39, 0.29) is 5.91 Å². The molecule has 0 aliphatic carbocycles. The van der Waals surface area contributed by atoms with Crippen LogP contribution in [-0.4, -0.2) is 37.0 Å². The van der Waals surface area contributed by atoms with Crippen LogP contribution in [0, 0.1) is 5.92 Å². The number of carbonyl (C=O) groups excluding carboxylic acids is 1. The standard InChI is InChI=1S/C15H21ClN2O/c1-12(2)11-15(19)18-9-7-17(8-10-18)14-5-3-13(16)4-6-14/h3-6,12H,7-11H2,1-2H3. The van der Waals surface area contributed by atoms with Crippen molar-refractivity contribution < 1.29 is 4.79 Å². The van der Waals surface area contributed by atoms with Gasteiger partial charge in [0.05, 0.1) is 0 Å². The molecular weight excluding hydrogens is 260 g/mol. The molecule has 0 spiro atoms. The van der Waals surface area contributed by atoms with Crippen molar-refractivity contribution in [3.8, 4) is 0 Å². The molecular formula is C15H21ClN2O. The van der Waals surface area contributed by atoms with Crippen LogP contribution in [0.1, 0.15) is 20.3 Å². The first-order chi connectivity index (χ1) is 9.06. The molecule has 0 saturated carbocycles. The Bertz CT molecular complexity index is 422. The highest BCUT2D eigenvalue weighted by molar-refractivity contribution is 6.30. The van der Waals surface area contributed by atoms with Crippen molar-refractivity contribution in [3.63, 3.8) is 0 Å². The molecule has 1 saturated heterocycles. The van der Waals surface area contributed by atoms with Crippen LogP contribution in [0.15, 0.2) is 24.3 Å². The highest BCUT2D eigenvalue weighted by Crippen LogP contribution is 2.19. The van der Waals surface area contributed by atoms with Gasteiger partial charge in [-0.25, -0.2) is 0 Å². The van der Waals surface area contributed by atoms with Gasteiger partial charge >= 0.3 is 0 Å². The van der Waals surface area contributed by atoms with Gasteiger partial charge in [0.25, 0.3) is 0 Å².